The largest absolute Gasteiger partial charge is 0.353 e. The first-order chi connectivity index (χ1) is 9.33. The monoisotopic (exact) mass is 271 g/mol. The summed E-state index contributed by atoms with van der Waals surface area (Å²) in [7, 11) is 0. The van der Waals surface area contributed by atoms with Gasteiger partial charge in [-0.2, -0.15) is 0 Å². The summed E-state index contributed by atoms with van der Waals surface area (Å²) in [6.07, 6.45) is 6.66. The summed E-state index contributed by atoms with van der Waals surface area (Å²) in [5, 5.41) is 7.46. The second kappa shape index (κ2) is 4.06. The van der Waals surface area contributed by atoms with E-state index in [1.54, 1.807) is 23.7 Å². The van der Waals surface area contributed by atoms with E-state index in [4.69, 9.17) is 0 Å². The van der Waals surface area contributed by atoms with Crippen molar-refractivity contribution in [2.75, 3.05) is 5.32 Å². The second-order valence-electron chi connectivity index (χ2n) is 4.90. The highest BCUT2D eigenvalue weighted by atomic mass is 32.1. The highest BCUT2D eigenvalue weighted by molar-refractivity contribution is 7.16. The predicted molar refractivity (Wildman–Crippen MR) is 74.4 cm³/mol. The van der Waals surface area contributed by atoms with Gasteiger partial charge in [-0.25, -0.2) is 0 Å². The maximum Gasteiger partial charge on any atom is 0.256 e. The van der Waals surface area contributed by atoms with Crippen LogP contribution in [0.25, 0.3) is 0 Å². The summed E-state index contributed by atoms with van der Waals surface area (Å²) in [5.74, 6) is 0.0435. The number of carbonyl (C=O) groups is 1. The van der Waals surface area contributed by atoms with Crippen LogP contribution in [0.3, 0.4) is 0 Å². The molecule has 0 bridgehead atoms. The molecule has 0 saturated carbocycles. The molecule has 0 saturated heterocycles. The van der Waals surface area contributed by atoms with Gasteiger partial charge in [0.05, 0.1) is 5.56 Å². The average Bonchev–Trinajstić information content (AvgIpc) is 2.99. The summed E-state index contributed by atoms with van der Waals surface area (Å²) < 4.78 is 0. The van der Waals surface area contributed by atoms with Gasteiger partial charge in [0.2, 0.25) is 0 Å². The van der Waals surface area contributed by atoms with Crippen LogP contribution in [0.15, 0.2) is 24.5 Å². The van der Waals surface area contributed by atoms with Gasteiger partial charge in [-0.05, 0) is 30.9 Å². The molecule has 0 spiro atoms. The van der Waals surface area contributed by atoms with Crippen molar-refractivity contribution in [3.8, 4) is 0 Å². The third-order valence-corrected chi connectivity index (χ3v) is 4.94. The van der Waals surface area contributed by atoms with Gasteiger partial charge in [0.15, 0.2) is 0 Å². The Morgan fingerprint density at radius 3 is 3.11 bits per heavy atom. The fourth-order valence-corrected chi connectivity index (χ4v) is 4.14. The number of rotatable bonds is 1. The number of aryl methyl sites for hydroxylation is 1. The lowest BCUT2D eigenvalue weighted by atomic mass is 10.1. The lowest BCUT2D eigenvalue weighted by molar-refractivity contribution is 0.0935. The van der Waals surface area contributed by atoms with Crippen molar-refractivity contribution in [1.29, 1.82) is 0 Å². The summed E-state index contributed by atoms with van der Waals surface area (Å²) in [6, 6.07) is 3.85. The molecule has 2 aromatic heterocycles. The van der Waals surface area contributed by atoms with Gasteiger partial charge < -0.3 is 10.6 Å². The van der Waals surface area contributed by atoms with Gasteiger partial charge in [0.1, 0.15) is 11.2 Å². The van der Waals surface area contributed by atoms with Crippen LogP contribution >= 0.6 is 11.3 Å². The Hall–Kier alpha value is -1.88. The minimum atomic E-state index is -0.174. The number of nitrogens with zero attached hydrogens (tertiary/aromatic N) is 1. The quantitative estimate of drug-likeness (QED) is 0.838. The number of anilines is 1. The number of hydrogen-bond donors (Lipinski definition) is 2. The molecule has 1 atom stereocenters. The van der Waals surface area contributed by atoms with Crippen LogP contribution in [0.4, 0.5) is 5.00 Å². The van der Waals surface area contributed by atoms with E-state index in [1.807, 2.05) is 12.1 Å². The van der Waals surface area contributed by atoms with Gasteiger partial charge in [0.25, 0.3) is 5.91 Å². The van der Waals surface area contributed by atoms with Crippen molar-refractivity contribution in [3.63, 3.8) is 0 Å². The third-order valence-electron chi connectivity index (χ3n) is 3.72. The van der Waals surface area contributed by atoms with Gasteiger partial charge >= 0.3 is 0 Å². The van der Waals surface area contributed by atoms with E-state index < -0.39 is 0 Å². The molecule has 2 N–H and O–H groups in total. The van der Waals surface area contributed by atoms with Crippen molar-refractivity contribution >= 4 is 22.2 Å². The van der Waals surface area contributed by atoms with Crippen molar-refractivity contribution in [3.05, 3.63) is 46.1 Å². The minimum absolute atomic E-state index is 0.0435. The number of fused-ring (bicyclic) bond motifs is 3. The zero-order chi connectivity index (χ0) is 12.8. The molecule has 96 valence electrons. The topological polar surface area (TPSA) is 54.0 Å². The summed E-state index contributed by atoms with van der Waals surface area (Å²) in [6.45, 7) is 0. The summed E-state index contributed by atoms with van der Waals surface area (Å²) >= 11 is 1.73. The van der Waals surface area contributed by atoms with Gasteiger partial charge in [-0.3, -0.25) is 9.78 Å². The van der Waals surface area contributed by atoms with E-state index in [0.29, 0.717) is 0 Å². The fourth-order valence-electron chi connectivity index (χ4n) is 2.83. The number of nitrogens with one attached hydrogen (secondary N) is 2. The van der Waals surface area contributed by atoms with Crippen molar-refractivity contribution in [2.45, 2.75) is 25.4 Å². The maximum atomic E-state index is 12.3. The first-order valence-electron chi connectivity index (χ1n) is 6.45. The standard InChI is InChI=1S/C14H13N3OS/c18-13-11-9-4-1-5-10(9)19-14(11)17-12(16-13)8-3-2-6-15-7-8/h2-3,6-7,12,17H,1,4-5H2,(H,16,18)/t12-/m1/s1. The molecule has 1 amide bonds. The number of pyridine rings is 1. The molecular weight excluding hydrogens is 258 g/mol. The predicted octanol–water partition coefficient (Wildman–Crippen LogP) is 2.49. The number of aromatic nitrogens is 1. The van der Waals surface area contributed by atoms with Crippen LogP contribution in [-0.2, 0) is 12.8 Å². The summed E-state index contributed by atoms with van der Waals surface area (Å²) in [4.78, 5) is 17.8. The van der Waals surface area contributed by atoms with Crippen LogP contribution in [0.2, 0.25) is 0 Å². The number of carbonyl (C=O) groups excluding carboxylic acids is 1. The number of amides is 1. The molecular formula is C14H13N3OS. The molecule has 1 aliphatic carbocycles. The molecule has 3 heterocycles. The van der Waals surface area contributed by atoms with Crippen molar-refractivity contribution in [1.82, 2.24) is 10.3 Å². The Labute approximate surface area is 114 Å². The first kappa shape index (κ1) is 11.0. The average molecular weight is 271 g/mol. The van der Waals surface area contributed by atoms with E-state index in [0.717, 1.165) is 29.0 Å². The highest BCUT2D eigenvalue weighted by Gasteiger charge is 2.32. The zero-order valence-corrected chi connectivity index (χ0v) is 11.1. The molecule has 4 rings (SSSR count). The second-order valence-corrected chi connectivity index (χ2v) is 6.00. The van der Waals surface area contributed by atoms with Crippen LogP contribution < -0.4 is 10.6 Å². The minimum Gasteiger partial charge on any atom is -0.353 e. The normalized spacial score (nSPS) is 20.4. The molecule has 0 fully saturated rings. The van der Waals surface area contributed by atoms with E-state index in [9.17, 15) is 4.79 Å². The molecule has 1 aliphatic heterocycles. The lowest BCUT2D eigenvalue weighted by Gasteiger charge is -2.26. The Kier molecular flexibility index (Phi) is 2.35. The number of hydrogen-bond acceptors (Lipinski definition) is 4. The first-order valence-corrected chi connectivity index (χ1v) is 7.26. The number of thiophene rings is 1. The van der Waals surface area contributed by atoms with E-state index >= 15 is 0 Å². The van der Waals surface area contributed by atoms with Crippen molar-refractivity contribution < 1.29 is 4.79 Å². The van der Waals surface area contributed by atoms with E-state index in [-0.39, 0.29) is 12.1 Å². The maximum absolute atomic E-state index is 12.3. The van der Waals surface area contributed by atoms with Gasteiger partial charge in [0, 0.05) is 22.8 Å². The Morgan fingerprint density at radius 2 is 2.26 bits per heavy atom. The third kappa shape index (κ3) is 1.65. The van der Waals surface area contributed by atoms with Crippen molar-refractivity contribution in [2.24, 2.45) is 0 Å². The van der Waals surface area contributed by atoms with Gasteiger partial charge in [-0.1, -0.05) is 6.07 Å². The van der Waals surface area contributed by atoms with Gasteiger partial charge in [-0.15, -0.1) is 11.3 Å². The molecule has 0 unspecified atom stereocenters. The van der Waals surface area contributed by atoms with Crippen LogP contribution in [0.5, 0.6) is 0 Å². The molecule has 0 radical (unpaired) electrons. The molecule has 19 heavy (non-hydrogen) atoms. The summed E-state index contributed by atoms with van der Waals surface area (Å²) in [5.41, 5.74) is 3.11. The van der Waals surface area contributed by atoms with E-state index in [2.05, 4.69) is 15.6 Å². The van der Waals surface area contributed by atoms with Crippen LogP contribution in [0, 0.1) is 0 Å². The Balaban J connectivity index is 1.74. The molecule has 2 aromatic rings. The van der Waals surface area contributed by atoms with Crippen LogP contribution in [-0.4, -0.2) is 10.9 Å². The Bertz CT molecular complexity index is 650. The fraction of sp³-hybridized carbons (Fsp3) is 0.286. The smallest absolute Gasteiger partial charge is 0.256 e. The molecule has 5 heteroatoms. The SMILES string of the molecule is O=C1N[C@@H](c2cccnc2)Nc2sc3c(c21)CCC3. The molecule has 4 nitrogen and oxygen atoms in total. The Morgan fingerprint density at radius 1 is 1.32 bits per heavy atom. The zero-order valence-electron chi connectivity index (χ0n) is 10.3. The molecule has 2 aliphatic rings. The van der Waals surface area contributed by atoms with E-state index in [1.165, 1.54) is 16.9 Å². The lowest BCUT2D eigenvalue weighted by Crippen LogP contribution is -2.38. The molecule has 0 aromatic carbocycles. The van der Waals surface area contributed by atoms with Crippen LogP contribution in [0.1, 0.15) is 38.9 Å². The highest BCUT2D eigenvalue weighted by Crippen LogP contribution is 2.42.